The van der Waals surface area contributed by atoms with Crippen molar-refractivity contribution in [3.63, 3.8) is 0 Å². The lowest BCUT2D eigenvalue weighted by Gasteiger charge is -2.08. The normalized spacial score (nSPS) is 10.1. The molecule has 0 aliphatic heterocycles. The predicted molar refractivity (Wildman–Crippen MR) is 108 cm³/mol. The van der Waals surface area contributed by atoms with E-state index in [1.165, 1.54) is 13.0 Å². The Balaban J connectivity index is 1.62. The summed E-state index contributed by atoms with van der Waals surface area (Å²) < 4.78 is 0. The first-order valence-corrected chi connectivity index (χ1v) is 8.84. The fourth-order valence-electron chi connectivity index (χ4n) is 2.50. The molecule has 1 aromatic carbocycles. The van der Waals surface area contributed by atoms with Crippen LogP contribution >= 0.6 is 0 Å². The molecule has 0 aliphatic rings. The Morgan fingerprint density at radius 1 is 0.793 bits per heavy atom. The van der Waals surface area contributed by atoms with E-state index in [1.807, 2.05) is 0 Å². The monoisotopic (exact) mass is 389 g/mol. The van der Waals surface area contributed by atoms with Gasteiger partial charge in [-0.05, 0) is 54.1 Å². The molecule has 0 spiro atoms. The van der Waals surface area contributed by atoms with Crippen LogP contribution in [0, 0.1) is 0 Å². The first-order valence-electron chi connectivity index (χ1n) is 8.84. The number of nitrogens with one attached hydrogen (secondary N) is 3. The van der Waals surface area contributed by atoms with Crippen LogP contribution in [0.4, 0.5) is 11.4 Å². The van der Waals surface area contributed by atoms with Gasteiger partial charge in [0.15, 0.2) is 0 Å². The molecule has 0 atom stereocenters. The number of carbonyl (C=O) groups excluding carboxylic acids is 3. The van der Waals surface area contributed by atoms with Gasteiger partial charge in [0.05, 0.1) is 0 Å². The highest BCUT2D eigenvalue weighted by Gasteiger charge is 2.12. The van der Waals surface area contributed by atoms with Crippen molar-refractivity contribution >= 4 is 29.1 Å². The van der Waals surface area contributed by atoms with Crippen molar-refractivity contribution in [3.8, 4) is 0 Å². The van der Waals surface area contributed by atoms with E-state index in [-0.39, 0.29) is 23.2 Å². The minimum absolute atomic E-state index is 0.118. The fraction of sp³-hybridized carbons (Fsp3) is 0.0952. The number of benzene rings is 1. The molecule has 2 aromatic heterocycles. The Morgan fingerprint density at radius 3 is 2.00 bits per heavy atom. The highest BCUT2D eigenvalue weighted by atomic mass is 16.2. The highest BCUT2D eigenvalue weighted by Crippen LogP contribution is 2.14. The lowest BCUT2D eigenvalue weighted by atomic mass is 10.2. The second-order valence-electron chi connectivity index (χ2n) is 6.16. The zero-order valence-corrected chi connectivity index (χ0v) is 15.7. The average Bonchev–Trinajstić information content (AvgIpc) is 2.74. The summed E-state index contributed by atoms with van der Waals surface area (Å²) in [5.74, 6) is -0.998. The maximum absolute atomic E-state index is 12.4. The van der Waals surface area contributed by atoms with Crippen molar-refractivity contribution in [2.45, 2.75) is 13.5 Å². The van der Waals surface area contributed by atoms with Gasteiger partial charge in [0.25, 0.3) is 11.8 Å². The van der Waals surface area contributed by atoms with Crippen LogP contribution in [-0.2, 0) is 11.3 Å². The summed E-state index contributed by atoms with van der Waals surface area (Å²) >= 11 is 0. The Kier molecular flexibility index (Phi) is 6.26. The molecule has 3 rings (SSSR count). The van der Waals surface area contributed by atoms with Gasteiger partial charge >= 0.3 is 0 Å². The predicted octanol–water partition coefficient (Wildman–Crippen LogP) is 2.62. The lowest BCUT2D eigenvalue weighted by molar-refractivity contribution is -0.114. The van der Waals surface area contributed by atoms with E-state index in [0.717, 1.165) is 5.56 Å². The number of nitrogens with zero attached hydrogens (tertiary/aromatic N) is 2. The van der Waals surface area contributed by atoms with Crippen LogP contribution in [0.15, 0.2) is 67.0 Å². The minimum Gasteiger partial charge on any atom is -0.347 e. The van der Waals surface area contributed by atoms with Gasteiger partial charge in [0.2, 0.25) is 5.91 Å². The molecule has 2 heterocycles. The summed E-state index contributed by atoms with van der Waals surface area (Å²) in [4.78, 5) is 43.9. The molecule has 146 valence electrons. The molecule has 3 amide bonds. The average molecular weight is 389 g/mol. The molecule has 0 radical (unpaired) electrons. The molecule has 8 heteroatoms. The first-order chi connectivity index (χ1) is 14.0. The van der Waals surface area contributed by atoms with Gasteiger partial charge in [-0.1, -0.05) is 6.07 Å². The van der Waals surface area contributed by atoms with Crippen LogP contribution in [0.3, 0.4) is 0 Å². The number of aromatic nitrogens is 2. The molecule has 29 heavy (non-hydrogen) atoms. The third-order valence-corrected chi connectivity index (χ3v) is 3.88. The van der Waals surface area contributed by atoms with E-state index in [1.54, 1.807) is 60.9 Å². The van der Waals surface area contributed by atoms with Gasteiger partial charge in [-0.25, -0.2) is 4.98 Å². The second kappa shape index (κ2) is 9.23. The maximum atomic E-state index is 12.4. The topological polar surface area (TPSA) is 113 Å². The SMILES string of the molecule is CC(=O)Nc1ccc(NC(=O)c2cccc(C(=O)NCc3ccncc3)n2)cc1. The van der Waals surface area contributed by atoms with Crippen molar-refractivity contribution in [3.05, 3.63) is 83.9 Å². The molecule has 3 aromatic rings. The third-order valence-electron chi connectivity index (χ3n) is 3.88. The quantitative estimate of drug-likeness (QED) is 0.600. The summed E-state index contributed by atoms with van der Waals surface area (Å²) in [5, 5.41) is 8.12. The largest absolute Gasteiger partial charge is 0.347 e. The van der Waals surface area contributed by atoms with Crippen LogP contribution in [0.1, 0.15) is 33.5 Å². The summed E-state index contributed by atoms with van der Waals surface area (Å²) in [7, 11) is 0. The maximum Gasteiger partial charge on any atom is 0.274 e. The zero-order valence-electron chi connectivity index (χ0n) is 15.7. The molecule has 0 bridgehead atoms. The molecular formula is C21H19N5O3. The van der Waals surface area contributed by atoms with Crippen molar-refractivity contribution in [2.24, 2.45) is 0 Å². The van der Waals surface area contributed by atoms with Crippen molar-refractivity contribution in [1.82, 2.24) is 15.3 Å². The Morgan fingerprint density at radius 2 is 1.38 bits per heavy atom. The number of hydrogen-bond donors (Lipinski definition) is 3. The standard InChI is InChI=1S/C21H19N5O3/c1-14(27)24-16-5-7-17(8-6-16)25-21(29)19-4-2-3-18(26-19)20(28)23-13-15-9-11-22-12-10-15/h2-12H,13H2,1H3,(H,23,28)(H,24,27)(H,25,29). The summed E-state index contributed by atoms with van der Waals surface area (Å²) in [6, 6.07) is 14.9. The van der Waals surface area contributed by atoms with Crippen molar-refractivity contribution in [1.29, 1.82) is 0 Å². The van der Waals surface area contributed by atoms with Gasteiger partial charge < -0.3 is 16.0 Å². The number of rotatable bonds is 6. The van der Waals surface area contributed by atoms with Gasteiger partial charge in [-0.15, -0.1) is 0 Å². The first kappa shape index (κ1) is 19.7. The van der Waals surface area contributed by atoms with E-state index < -0.39 is 5.91 Å². The number of carbonyl (C=O) groups is 3. The second-order valence-corrected chi connectivity index (χ2v) is 6.16. The highest BCUT2D eigenvalue weighted by molar-refractivity contribution is 6.04. The number of anilines is 2. The van der Waals surface area contributed by atoms with E-state index >= 15 is 0 Å². The number of pyridine rings is 2. The van der Waals surface area contributed by atoms with Crippen LogP contribution < -0.4 is 16.0 Å². The van der Waals surface area contributed by atoms with Crippen molar-refractivity contribution < 1.29 is 14.4 Å². The Hall–Kier alpha value is -4.07. The molecule has 0 aliphatic carbocycles. The molecule has 8 nitrogen and oxygen atoms in total. The Bertz CT molecular complexity index is 1020. The summed E-state index contributed by atoms with van der Waals surface area (Å²) in [6.45, 7) is 1.75. The molecular weight excluding hydrogens is 370 g/mol. The summed E-state index contributed by atoms with van der Waals surface area (Å²) in [6.07, 6.45) is 3.29. The minimum atomic E-state index is -0.443. The summed E-state index contributed by atoms with van der Waals surface area (Å²) in [5.41, 5.74) is 2.34. The molecule has 0 saturated heterocycles. The molecule has 3 N–H and O–H groups in total. The van der Waals surface area contributed by atoms with Gasteiger partial charge in [0.1, 0.15) is 11.4 Å². The van der Waals surface area contributed by atoms with Gasteiger partial charge in [-0.3, -0.25) is 19.4 Å². The molecule has 0 fully saturated rings. The van der Waals surface area contributed by atoms with E-state index in [9.17, 15) is 14.4 Å². The van der Waals surface area contributed by atoms with Crippen LogP contribution in [-0.4, -0.2) is 27.7 Å². The van der Waals surface area contributed by atoms with Crippen LogP contribution in [0.25, 0.3) is 0 Å². The van der Waals surface area contributed by atoms with Crippen LogP contribution in [0.5, 0.6) is 0 Å². The van der Waals surface area contributed by atoms with Crippen LogP contribution in [0.2, 0.25) is 0 Å². The van der Waals surface area contributed by atoms with Gasteiger partial charge in [0, 0.05) is 37.2 Å². The smallest absolute Gasteiger partial charge is 0.274 e. The lowest BCUT2D eigenvalue weighted by Crippen LogP contribution is -2.25. The van der Waals surface area contributed by atoms with E-state index in [2.05, 4.69) is 25.9 Å². The zero-order chi connectivity index (χ0) is 20.6. The Labute approximate surface area is 167 Å². The van der Waals surface area contributed by atoms with E-state index in [0.29, 0.717) is 17.9 Å². The van der Waals surface area contributed by atoms with E-state index in [4.69, 9.17) is 0 Å². The molecule has 0 saturated carbocycles. The van der Waals surface area contributed by atoms with Gasteiger partial charge in [-0.2, -0.15) is 0 Å². The number of hydrogen-bond acceptors (Lipinski definition) is 5. The molecule has 0 unspecified atom stereocenters. The van der Waals surface area contributed by atoms with Crippen molar-refractivity contribution in [2.75, 3.05) is 10.6 Å². The fourth-order valence-corrected chi connectivity index (χ4v) is 2.50. The third kappa shape index (κ3) is 5.70. The number of amides is 3.